The number of aromatic nitrogens is 3. The maximum Gasteiger partial charge on any atom is 0.233 e. The molecular formula is C26H30N4O2S. The van der Waals surface area contributed by atoms with E-state index in [1.807, 2.05) is 58.0 Å². The average molecular weight is 463 g/mol. The molecule has 0 saturated heterocycles. The Morgan fingerprint density at radius 1 is 1.21 bits per heavy atom. The molecule has 172 valence electrons. The van der Waals surface area contributed by atoms with Gasteiger partial charge in [-0.3, -0.25) is 9.36 Å². The molecule has 0 spiro atoms. The van der Waals surface area contributed by atoms with Crippen LogP contribution in [0.25, 0.3) is 11.4 Å². The summed E-state index contributed by atoms with van der Waals surface area (Å²) in [6, 6.07) is 18.2. The van der Waals surface area contributed by atoms with Crippen LogP contribution >= 0.6 is 11.8 Å². The van der Waals surface area contributed by atoms with Crippen molar-refractivity contribution < 1.29 is 9.53 Å². The van der Waals surface area contributed by atoms with Crippen molar-refractivity contribution in [3.63, 3.8) is 0 Å². The van der Waals surface area contributed by atoms with Crippen LogP contribution in [-0.4, -0.2) is 44.5 Å². The summed E-state index contributed by atoms with van der Waals surface area (Å²) in [5.74, 6) is 2.59. The monoisotopic (exact) mass is 462 g/mol. The fourth-order valence-corrected chi connectivity index (χ4v) is 4.76. The SMILES string of the molecule is C=CCn1c(SCC(=O)N(Cc2ccccc2)[C@@H](C)C2CC2)nnc1-c1ccc(OC)cc1. The van der Waals surface area contributed by atoms with E-state index in [-0.39, 0.29) is 11.9 Å². The Hall–Kier alpha value is -3.06. The Balaban J connectivity index is 1.49. The molecule has 2 aromatic carbocycles. The molecule has 3 aromatic rings. The van der Waals surface area contributed by atoms with E-state index < -0.39 is 0 Å². The summed E-state index contributed by atoms with van der Waals surface area (Å²) in [4.78, 5) is 15.4. The molecule has 33 heavy (non-hydrogen) atoms. The molecule has 1 aliphatic carbocycles. The fraction of sp³-hybridized carbons (Fsp3) is 0.346. The van der Waals surface area contributed by atoms with Crippen molar-refractivity contribution in [3.8, 4) is 17.1 Å². The lowest BCUT2D eigenvalue weighted by atomic mass is 10.1. The van der Waals surface area contributed by atoms with Gasteiger partial charge in [0, 0.05) is 24.7 Å². The van der Waals surface area contributed by atoms with Crippen LogP contribution in [0, 0.1) is 5.92 Å². The van der Waals surface area contributed by atoms with Gasteiger partial charge in [-0.2, -0.15) is 0 Å². The minimum Gasteiger partial charge on any atom is -0.497 e. The first-order chi connectivity index (χ1) is 16.1. The number of methoxy groups -OCH3 is 1. The molecule has 1 atom stereocenters. The molecule has 0 bridgehead atoms. The lowest BCUT2D eigenvalue weighted by Gasteiger charge is -2.29. The van der Waals surface area contributed by atoms with Crippen LogP contribution in [-0.2, 0) is 17.9 Å². The van der Waals surface area contributed by atoms with Crippen molar-refractivity contribution in [2.75, 3.05) is 12.9 Å². The minimum atomic E-state index is 0.127. The maximum atomic E-state index is 13.3. The van der Waals surface area contributed by atoms with Gasteiger partial charge in [0.2, 0.25) is 5.91 Å². The fourth-order valence-electron chi connectivity index (χ4n) is 3.92. The van der Waals surface area contributed by atoms with Crippen molar-refractivity contribution in [3.05, 3.63) is 72.8 Å². The normalized spacial score (nSPS) is 14.0. The quantitative estimate of drug-likeness (QED) is 0.294. The van der Waals surface area contributed by atoms with E-state index in [1.165, 1.54) is 24.6 Å². The van der Waals surface area contributed by atoms with E-state index in [0.29, 0.717) is 29.9 Å². The molecular weight excluding hydrogens is 432 g/mol. The highest BCUT2D eigenvalue weighted by molar-refractivity contribution is 7.99. The number of hydrogen-bond acceptors (Lipinski definition) is 5. The number of ether oxygens (including phenoxy) is 1. The Morgan fingerprint density at radius 2 is 1.94 bits per heavy atom. The van der Waals surface area contributed by atoms with Crippen LogP contribution in [0.3, 0.4) is 0 Å². The molecule has 6 nitrogen and oxygen atoms in total. The van der Waals surface area contributed by atoms with Gasteiger partial charge in [-0.1, -0.05) is 48.2 Å². The number of nitrogens with zero attached hydrogens (tertiary/aromatic N) is 4. The molecule has 0 aliphatic heterocycles. The Morgan fingerprint density at radius 3 is 2.58 bits per heavy atom. The second kappa shape index (κ2) is 10.7. The third-order valence-electron chi connectivity index (χ3n) is 6.01. The van der Waals surface area contributed by atoms with Crippen molar-refractivity contribution in [1.29, 1.82) is 0 Å². The number of carbonyl (C=O) groups excluding carboxylic acids is 1. The number of carbonyl (C=O) groups is 1. The van der Waals surface area contributed by atoms with Gasteiger partial charge in [0.25, 0.3) is 0 Å². The van der Waals surface area contributed by atoms with Crippen LogP contribution in [0.4, 0.5) is 0 Å². The maximum absolute atomic E-state index is 13.3. The molecule has 0 radical (unpaired) electrons. The largest absolute Gasteiger partial charge is 0.497 e. The van der Waals surface area contributed by atoms with Gasteiger partial charge in [0.1, 0.15) is 5.75 Å². The molecule has 7 heteroatoms. The number of allylic oxidation sites excluding steroid dienone is 1. The van der Waals surface area contributed by atoms with Crippen LogP contribution in [0.2, 0.25) is 0 Å². The van der Waals surface area contributed by atoms with E-state index >= 15 is 0 Å². The van der Waals surface area contributed by atoms with E-state index in [1.54, 1.807) is 7.11 Å². The summed E-state index contributed by atoms with van der Waals surface area (Å²) in [6.07, 6.45) is 4.22. The molecule has 1 amide bonds. The number of amides is 1. The summed E-state index contributed by atoms with van der Waals surface area (Å²) in [7, 11) is 1.64. The van der Waals surface area contributed by atoms with Gasteiger partial charge in [0.15, 0.2) is 11.0 Å². The summed E-state index contributed by atoms with van der Waals surface area (Å²) < 4.78 is 7.25. The lowest BCUT2D eigenvalue weighted by molar-refractivity contribution is -0.131. The van der Waals surface area contributed by atoms with Gasteiger partial charge >= 0.3 is 0 Å². The van der Waals surface area contributed by atoms with Crippen molar-refractivity contribution in [2.24, 2.45) is 5.92 Å². The van der Waals surface area contributed by atoms with Crippen molar-refractivity contribution in [1.82, 2.24) is 19.7 Å². The Labute approximate surface area is 199 Å². The standard InChI is InChI=1S/C26H30N4O2S/c1-4-16-29-25(22-12-14-23(32-3)15-13-22)27-28-26(29)33-18-24(31)30(19(2)21-10-11-21)17-20-8-6-5-7-9-20/h4-9,12-15,19,21H,1,10-11,16-18H2,2-3H3/t19-/m0/s1. The molecule has 4 rings (SSSR count). The van der Waals surface area contributed by atoms with Gasteiger partial charge < -0.3 is 9.64 Å². The Bertz CT molecular complexity index is 1080. The zero-order chi connectivity index (χ0) is 23.2. The minimum absolute atomic E-state index is 0.127. The van der Waals surface area contributed by atoms with E-state index in [2.05, 4.69) is 35.8 Å². The predicted molar refractivity (Wildman–Crippen MR) is 132 cm³/mol. The van der Waals surface area contributed by atoms with Crippen LogP contribution in [0.15, 0.2) is 72.4 Å². The predicted octanol–water partition coefficient (Wildman–Crippen LogP) is 5.06. The summed E-state index contributed by atoms with van der Waals surface area (Å²) in [5.41, 5.74) is 2.09. The highest BCUT2D eigenvalue weighted by Crippen LogP contribution is 2.36. The van der Waals surface area contributed by atoms with Crippen molar-refractivity contribution in [2.45, 2.75) is 44.1 Å². The second-order valence-corrected chi connectivity index (χ2v) is 9.25. The summed E-state index contributed by atoms with van der Waals surface area (Å²) in [6.45, 7) is 7.25. The summed E-state index contributed by atoms with van der Waals surface area (Å²) >= 11 is 1.43. The first-order valence-corrected chi connectivity index (χ1v) is 12.2. The first-order valence-electron chi connectivity index (χ1n) is 11.3. The van der Waals surface area contributed by atoms with E-state index in [0.717, 1.165) is 22.7 Å². The highest BCUT2D eigenvalue weighted by atomic mass is 32.2. The number of rotatable bonds is 11. The smallest absolute Gasteiger partial charge is 0.233 e. The van der Waals surface area contributed by atoms with E-state index in [9.17, 15) is 4.79 Å². The molecule has 1 heterocycles. The molecule has 0 N–H and O–H groups in total. The van der Waals surface area contributed by atoms with Gasteiger partial charge in [0.05, 0.1) is 12.9 Å². The first kappa shape index (κ1) is 23.1. The second-order valence-electron chi connectivity index (χ2n) is 8.31. The van der Waals surface area contributed by atoms with Gasteiger partial charge in [-0.15, -0.1) is 16.8 Å². The molecule has 1 saturated carbocycles. The van der Waals surface area contributed by atoms with Gasteiger partial charge in [-0.25, -0.2) is 0 Å². The molecule has 1 aromatic heterocycles. The number of thioether (sulfide) groups is 1. The molecule has 0 unspecified atom stereocenters. The molecule has 1 fully saturated rings. The van der Waals surface area contributed by atoms with Crippen LogP contribution in [0.5, 0.6) is 5.75 Å². The Kier molecular flexibility index (Phi) is 7.50. The molecule has 1 aliphatic rings. The zero-order valence-electron chi connectivity index (χ0n) is 19.2. The number of benzene rings is 2. The highest BCUT2D eigenvalue weighted by Gasteiger charge is 2.34. The lowest BCUT2D eigenvalue weighted by Crippen LogP contribution is -2.40. The third kappa shape index (κ3) is 5.66. The van der Waals surface area contributed by atoms with Crippen molar-refractivity contribution >= 4 is 17.7 Å². The van der Waals surface area contributed by atoms with Crippen LogP contribution in [0.1, 0.15) is 25.3 Å². The van der Waals surface area contributed by atoms with E-state index in [4.69, 9.17) is 4.74 Å². The third-order valence-corrected chi connectivity index (χ3v) is 6.96. The van der Waals surface area contributed by atoms with Crippen LogP contribution < -0.4 is 4.74 Å². The zero-order valence-corrected chi connectivity index (χ0v) is 20.0. The number of hydrogen-bond donors (Lipinski definition) is 0. The average Bonchev–Trinajstić information content (AvgIpc) is 3.63. The van der Waals surface area contributed by atoms with Gasteiger partial charge in [-0.05, 0) is 55.5 Å². The summed E-state index contributed by atoms with van der Waals surface area (Å²) in [5, 5.41) is 9.51. The topological polar surface area (TPSA) is 60.2 Å².